The maximum Gasteiger partial charge on any atom is 0.265 e. The van der Waals surface area contributed by atoms with Gasteiger partial charge in [-0.25, -0.2) is 9.37 Å². The van der Waals surface area contributed by atoms with Gasteiger partial charge in [0.05, 0.1) is 22.5 Å². The topological polar surface area (TPSA) is 59.9 Å². The summed E-state index contributed by atoms with van der Waals surface area (Å²) in [5, 5.41) is 11.7. The van der Waals surface area contributed by atoms with E-state index < -0.39 is 6.10 Å². The van der Waals surface area contributed by atoms with Gasteiger partial charge in [0.1, 0.15) is 10.7 Å². The maximum atomic E-state index is 14.0. The number of piperidine rings is 1. The number of anilines is 1. The smallest absolute Gasteiger partial charge is 0.265 e. The molecule has 1 N–H and O–H groups in total. The van der Waals surface area contributed by atoms with Crippen LogP contribution in [-0.2, 0) is 0 Å². The predicted molar refractivity (Wildman–Crippen MR) is 112 cm³/mol. The summed E-state index contributed by atoms with van der Waals surface area (Å²) in [5.41, 5.74) is 1.40. The number of halogens is 1. The van der Waals surface area contributed by atoms with Gasteiger partial charge in [0.25, 0.3) is 5.91 Å². The minimum atomic E-state index is -0.581. The van der Waals surface area contributed by atoms with Crippen molar-refractivity contribution in [2.24, 2.45) is 0 Å². The monoisotopic (exact) mass is 418 g/mol. The molecule has 0 bridgehead atoms. The van der Waals surface area contributed by atoms with Crippen molar-refractivity contribution in [1.82, 2.24) is 14.8 Å². The Morgan fingerprint density at radius 1 is 1.17 bits per heavy atom. The predicted octanol–water partition coefficient (Wildman–Crippen LogP) is 2.30. The molecule has 0 radical (unpaired) electrons. The molecule has 3 heterocycles. The number of hydrogen-bond donors (Lipinski definition) is 1. The number of piperazine rings is 1. The summed E-state index contributed by atoms with van der Waals surface area (Å²) in [6.07, 6.45) is 0.158. The summed E-state index contributed by atoms with van der Waals surface area (Å²) in [4.78, 5) is 23.9. The fraction of sp³-hybridized carbons (Fsp3) is 0.524. The van der Waals surface area contributed by atoms with Crippen LogP contribution in [0.25, 0.3) is 0 Å². The number of aliphatic hydroxyl groups excluding tert-OH is 1. The molecule has 2 aliphatic heterocycles. The quantitative estimate of drug-likeness (QED) is 0.829. The van der Waals surface area contributed by atoms with Crippen molar-refractivity contribution in [3.63, 3.8) is 0 Å². The molecule has 29 heavy (non-hydrogen) atoms. The van der Waals surface area contributed by atoms with Gasteiger partial charge in [-0.3, -0.25) is 9.69 Å². The lowest BCUT2D eigenvalue weighted by Gasteiger charge is -2.45. The third-order valence-electron chi connectivity index (χ3n) is 5.91. The van der Waals surface area contributed by atoms with Crippen molar-refractivity contribution in [2.75, 3.05) is 44.2 Å². The number of thiazole rings is 1. The zero-order valence-electron chi connectivity index (χ0n) is 16.8. The summed E-state index contributed by atoms with van der Waals surface area (Å²) >= 11 is 1.41. The highest BCUT2D eigenvalue weighted by atomic mass is 32.1. The molecule has 0 unspecified atom stereocenters. The second-order valence-corrected chi connectivity index (χ2v) is 9.00. The highest BCUT2D eigenvalue weighted by Crippen LogP contribution is 2.26. The van der Waals surface area contributed by atoms with E-state index in [0.717, 1.165) is 43.3 Å². The van der Waals surface area contributed by atoms with Crippen molar-refractivity contribution in [2.45, 2.75) is 32.4 Å². The highest BCUT2D eigenvalue weighted by Gasteiger charge is 2.36. The molecular weight excluding hydrogens is 391 g/mol. The lowest BCUT2D eigenvalue weighted by molar-refractivity contribution is -0.0106. The number of hydrogen-bond acceptors (Lipinski definition) is 6. The Balaban J connectivity index is 1.34. The average Bonchev–Trinajstić information content (AvgIpc) is 3.06. The largest absolute Gasteiger partial charge is 0.390 e. The number of aryl methyl sites for hydroxylation is 2. The van der Waals surface area contributed by atoms with Crippen LogP contribution in [0.3, 0.4) is 0 Å². The standard InChI is InChI=1S/C21H27FN4O2S/c1-14-20(29-15(2)23-14)21(28)26-8-7-18(19(27)13-26)25-11-9-24(10-12-25)17-6-4-3-5-16(17)22/h3-6,18-19,27H,7-13H2,1-2H3/t18-,19-/m1/s1. The van der Waals surface area contributed by atoms with Gasteiger partial charge in [0, 0.05) is 45.3 Å². The fourth-order valence-electron chi connectivity index (χ4n) is 4.41. The first-order valence-corrected chi connectivity index (χ1v) is 10.9. The fourth-order valence-corrected chi connectivity index (χ4v) is 5.29. The minimum Gasteiger partial charge on any atom is -0.390 e. The molecular formula is C21H27FN4O2S. The van der Waals surface area contributed by atoms with Gasteiger partial charge < -0.3 is 14.9 Å². The summed E-state index contributed by atoms with van der Waals surface area (Å²) in [5.74, 6) is -0.226. The molecule has 0 spiro atoms. The number of likely N-dealkylation sites (tertiary alicyclic amines) is 1. The summed E-state index contributed by atoms with van der Waals surface area (Å²) in [6.45, 7) is 7.73. The van der Waals surface area contributed by atoms with Crippen molar-refractivity contribution >= 4 is 22.9 Å². The number of para-hydroxylation sites is 1. The highest BCUT2D eigenvalue weighted by molar-refractivity contribution is 7.13. The van der Waals surface area contributed by atoms with Crippen LogP contribution in [-0.4, -0.2) is 77.2 Å². The van der Waals surface area contributed by atoms with Gasteiger partial charge in [-0.15, -0.1) is 11.3 Å². The first-order chi connectivity index (χ1) is 13.9. The first kappa shape index (κ1) is 20.3. The van der Waals surface area contributed by atoms with E-state index >= 15 is 0 Å². The molecule has 8 heteroatoms. The van der Waals surface area contributed by atoms with E-state index in [1.807, 2.05) is 26.0 Å². The van der Waals surface area contributed by atoms with Crippen molar-refractivity contribution < 1.29 is 14.3 Å². The maximum absolute atomic E-state index is 14.0. The molecule has 0 saturated carbocycles. The van der Waals surface area contributed by atoms with E-state index in [9.17, 15) is 14.3 Å². The molecule has 1 amide bonds. The normalized spacial score (nSPS) is 23.4. The Bertz CT molecular complexity index is 881. The number of nitrogens with zero attached hydrogens (tertiary/aromatic N) is 4. The molecule has 1 aromatic heterocycles. The molecule has 0 aliphatic carbocycles. The minimum absolute atomic E-state index is 0.0324. The van der Waals surface area contributed by atoms with Gasteiger partial charge in [0.2, 0.25) is 0 Å². The molecule has 156 valence electrons. The van der Waals surface area contributed by atoms with Gasteiger partial charge in [-0.2, -0.15) is 0 Å². The average molecular weight is 419 g/mol. The van der Waals surface area contributed by atoms with Crippen molar-refractivity contribution in [3.05, 3.63) is 45.7 Å². The van der Waals surface area contributed by atoms with Crippen molar-refractivity contribution in [1.29, 1.82) is 0 Å². The number of aliphatic hydroxyl groups is 1. The van der Waals surface area contributed by atoms with Crippen LogP contribution >= 0.6 is 11.3 Å². The van der Waals surface area contributed by atoms with E-state index in [1.54, 1.807) is 11.0 Å². The van der Waals surface area contributed by atoms with E-state index in [1.165, 1.54) is 17.4 Å². The van der Waals surface area contributed by atoms with Crippen molar-refractivity contribution in [3.8, 4) is 0 Å². The van der Waals surface area contributed by atoms with E-state index in [-0.39, 0.29) is 17.8 Å². The first-order valence-electron chi connectivity index (χ1n) is 10.1. The van der Waals surface area contributed by atoms with Crippen LogP contribution in [0.5, 0.6) is 0 Å². The molecule has 2 aliphatic rings. The van der Waals surface area contributed by atoms with Crippen LogP contribution in [0.1, 0.15) is 26.8 Å². The summed E-state index contributed by atoms with van der Waals surface area (Å²) in [7, 11) is 0. The van der Waals surface area contributed by atoms with Crippen LogP contribution in [0.15, 0.2) is 24.3 Å². The molecule has 1 aromatic carbocycles. The van der Waals surface area contributed by atoms with Crippen LogP contribution in [0.2, 0.25) is 0 Å². The van der Waals surface area contributed by atoms with Gasteiger partial charge in [-0.05, 0) is 32.4 Å². The zero-order chi connectivity index (χ0) is 20.5. The second kappa shape index (κ2) is 8.38. The molecule has 4 rings (SSSR count). The number of amides is 1. The van der Waals surface area contributed by atoms with Crippen LogP contribution in [0, 0.1) is 19.7 Å². The van der Waals surface area contributed by atoms with Gasteiger partial charge >= 0.3 is 0 Å². The molecule has 2 fully saturated rings. The third-order valence-corrected chi connectivity index (χ3v) is 6.97. The third kappa shape index (κ3) is 4.15. The number of aromatic nitrogens is 1. The molecule has 2 saturated heterocycles. The van der Waals surface area contributed by atoms with E-state index in [2.05, 4.69) is 14.8 Å². The Kier molecular flexibility index (Phi) is 5.85. The Hall–Kier alpha value is -2.03. The van der Waals surface area contributed by atoms with Gasteiger partial charge in [-0.1, -0.05) is 12.1 Å². The molecule has 2 atom stereocenters. The Morgan fingerprint density at radius 2 is 1.90 bits per heavy atom. The lowest BCUT2D eigenvalue weighted by Crippen LogP contribution is -2.59. The molecule has 6 nitrogen and oxygen atoms in total. The lowest BCUT2D eigenvalue weighted by atomic mass is 9.99. The number of carbonyl (C=O) groups is 1. The number of benzene rings is 1. The SMILES string of the molecule is Cc1nc(C)c(C(=O)N2CC[C@@H](N3CCN(c4ccccc4F)CC3)[C@H](O)C2)s1. The number of rotatable bonds is 3. The molecule has 2 aromatic rings. The number of carbonyl (C=O) groups excluding carboxylic acids is 1. The Labute approximate surface area is 174 Å². The van der Waals surface area contributed by atoms with E-state index in [0.29, 0.717) is 23.7 Å². The number of β-amino-alcohol motifs (C(OH)–C–C–N with tert-alkyl or cyclic N) is 1. The van der Waals surface area contributed by atoms with Gasteiger partial charge in [0.15, 0.2) is 0 Å². The van der Waals surface area contributed by atoms with Crippen LogP contribution in [0.4, 0.5) is 10.1 Å². The van der Waals surface area contributed by atoms with E-state index in [4.69, 9.17) is 0 Å². The summed E-state index contributed by atoms with van der Waals surface area (Å²) < 4.78 is 14.0. The summed E-state index contributed by atoms with van der Waals surface area (Å²) in [6, 6.07) is 6.90. The Morgan fingerprint density at radius 3 is 2.52 bits per heavy atom. The van der Waals surface area contributed by atoms with Crippen LogP contribution < -0.4 is 4.90 Å². The zero-order valence-corrected chi connectivity index (χ0v) is 17.7. The second-order valence-electron chi connectivity index (χ2n) is 7.80.